The highest BCUT2D eigenvalue weighted by molar-refractivity contribution is 5.75. The molecule has 0 heterocycles. The molecule has 1 saturated carbocycles. The van der Waals surface area contributed by atoms with E-state index in [0.29, 0.717) is 12.5 Å². The number of carbonyl (C=O) groups excluding carboxylic acids is 1. The molecule has 0 radical (unpaired) electrons. The van der Waals surface area contributed by atoms with E-state index in [1.165, 1.54) is 44.9 Å². The Bertz CT molecular complexity index is 198. The first-order valence-electron chi connectivity index (χ1n) is 7.33. The molecule has 1 aliphatic carbocycles. The van der Waals surface area contributed by atoms with Crippen molar-refractivity contribution in [3.63, 3.8) is 0 Å². The molecule has 3 nitrogen and oxygen atoms in total. The Morgan fingerprint density at radius 3 is 2.35 bits per heavy atom. The zero-order chi connectivity index (χ0) is 12.3. The SMILES string of the molecule is CCCNC(=O)CCNC1CCCCCCC1. The van der Waals surface area contributed by atoms with Crippen LogP contribution in [0.15, 0.2) is 0 Å². The van der Waals surface area contributed by atoms with E-state index in [1.807, 2.05) is 0 Å². The van der Waals surface area contributed by atoms with Gasteiger partial charge >= 0.3 is 0 Å². The Labute approximate surface area is 106 Å². The molecule has 1 amide bonds. The molecule has 3 heteroatoms. The Balaban J connectivity index is 2.05. The van der Waals surface area contributed by atoms with Crippen LogP contribution < -0.4 is 10.6 Å². The second-order valence-electron chi connectivity index (χ2n) is 5.10. The molecule has 1 fully saturated rings. The number of hydrogen-bond acceptors (Lipinski definition) is 2. The van der Waals surface area contributed by atoms with Crippen LogP contribution in [0.4, 0.5) is 0 Å². The van der Waals surface area contributed by atoms with Gasteiger partial charge in [-0.15, -0.1) is 0 Å². The summed E-state index contributed by atoms with van der Waals surface area (Å²) in [5.74, 6) is 0.185. The molecule has 0 unspecified atom stereocenters. The third-order valence-corrected chi connectivity index (χ3v) is 3.46. The lowest BCUT2D eigenvalue weighted by atomic mass is 9.97. The molecule has 0 aromatic heterocycles. The van der Waals surface area contributed by atoms with E-state index in [1.54, 1.807) is 0 Å². The maximum Gasteiger partial charge on any atom is 0.221 e. The fraction of sp³-hybridized carbons (Fsp3) is 0.929. The Morgan fingerprint density at radius 2 is 1.71 bits per heavy atom. The third-order valence-electron chi connectivity index (χ3n) is 3.46. The quantitative estimate of drug-likeness (QED) is 0.749. The van der Waals surface area contributed by atoms with Crippen LogP contribution in [0.1, 0.15) is 64.7 Å². The van der Waals surface area contributed by atoms with E-state index in [4.69, 9.17) is 0 Å². The van der Waals surface area contributed by atoms with Gasteiger partial charge in [-0.25, -0.2) is 0 Å². The van der Waals surface area contributed by atoms with Gasteiger partial charge in [-0.2, -0.15) is 0 Å². The van der Waals surface area contributed by atoms with Crippen molar-refractivity contribution in [3.8, 4) is 0 Å². The fourth-order valence-electron chi connectivity index (χ4n) is 2.40. The summed E-state index contributed by atoms with van der Waals surface area (Å²) in [4.78, 5) is 11.4. The normalized spacial score (nSPS) is 18.4. The van der Waals surface area contributed by atoms with Gasteiger partial charge in [0, 0.05) is 25.6 Å². The summed E-state index contributed by atoms with van der Waals surface area (Å²) in [6.07, 6.45) is 11.1. The summed E-state index contributed by atoms with van der Waals surface area (Å²) in [5, 5.41) is 6.45. The van der Waals surface area contributed by atoms with Crippen molar-refractivity contribution in [1.29, 1.82) is 0 Å². The molecule has 17 heavy (non-hydrogen) atoms. The lowest BCUT2D eigenvalue weighted by Gasteiger charge is -2.20. The van der Waals surface area contributed by atoms with Gasteiger partial charge in [-0.3, -0.25) is 4.79 Å². The first kappa shape index (κ1) is 14.5. The van der Waals surface area contributed by atoms with Gasteiger partial charge in [0.05, 0.1) is 0 Å². The van der Waals surface area contributed by atoms with Crippen molar-refractivity contribution in [3.05, 3.63) is 0 Å². The molecule has 0 aliphatic heterocycles. The highest BCUT2D eigenvalue weighted by Crippen LogP contribution is 2.16. The van der Waals surface area contributed by atoms with Crippen LogP contribution in [0.2, 0.25) is 0 Å². The Morgan fingerprint density at radius 1 is 1.06 bits per heavy atom. The fourth-order valence-corrected chi connectivity index (χ4v) is 2.40. The predicted molar refractivity (Wildman–Crippen MR) is 72.0 cm³/mol. The topological polar surface area (TPSA) is 41.1 Å². The van der Waals surface area contributed by atoms with E-state index < -0.39 is 0 Å². The summed E-state index contributed by atoms with van der Waals surface area (Å²) in [7, 11) is 0. The van der Waals surface area contributed by atoms with Crippen LogP contribution >= 0.6 is 0 Å². The van der Waals surface area contributed by atoms with Crippen molar-refractivity contribution < 1.29 is 4.79 Å². The summed E-state index contributed by atoms with van der Waals surface area (Å²) in [5.41, 5.74) is 0. The summed E-state index contributed by atoms with van der Waals surface area (Å²) in [6.45, 7) is 3.72. The van der Waals surface area contributed by atoms with Gasteiger partial charge in [0.15, 0.2) is 0 Å². The van der Waals surface area contributed by atoms with Crippen molar-refractivity contribution >= 4 is 5.91 Å². The van der Waals surface area contributed by atoms with Gasteiger partial charge in [-0.05, 0) is 19.3 Å². The number of carbonyl (C=O) groups is 1. The van der Waals surface area contributed by atoms with Crippen LogP contribution in [0.3, 0.4) is 0 Å². The molecule has 1 aliphatic rings. The minimum Gasteiger partial charge on any atom is -0.356 e. The van der Waals surface area contributed by atoms with Crippen molar-refractivity contribution in [2.75, 3.05) is 13.1 Å². The van der Waals surface area contributed by atoms with Crippen LogP contribution in [-0.2, 0) is 4.79 Å². The van der Waals surface area contributed by atoms with Crippen LogP contribution in [-0.4, -0.2) is 25.0 Å². The average Bonchev–Trinajstić information content (AvgIpc) is 2.29. The highest BCUT2D eigenvalue weighted by atomic mass is 16.1. The molecule has 0 aromatic rings. The number of hydrogen-bond donors (Lipinski definition) is 2. The smallest absolute Gasteiger partial charge is 0.221 e. The standard InChI is InChI=1S/C14H28N2O/c1-2-11-16-14(17)10-12-15-13-8-6-4-3-5-7-9-13/h13,15H,2-12H2,1H3,(H,16,17). The third kappa shape index (κ3) is 7.37. The van der Waals surface area contributed by atoms with Crippen LogP contribution in [0.25, 0.3) is 0 Å². The zero-order valence-electron chi connectivity index (χ0n) is 11.3. The van der Waals surface area contributed by atoms with Crippen molar-refractivity contribution in [2.24, 2.45) is 0 Å². The van der Waals surface area contributed by atoms with Gasteiger partial charge in [0.25, 0.3) is 0 Å². The first-order chi connectivity index (χ1) is 8.33. The van der Waals surface area contributed by atoms with Gasteiger partial charge in [0.2, 0.25) is 5.91 Å². The summed E-state index contributed by atoms with van der Waals surface area (Å²) < 4.78 is 0. The predicted octanol–water partition coefficient (Wildman–Crippen LogP) is 2.61. The summed E-state index contributed by atoms with van der Waals surface area (Å²) in [6, 6.07) is 0.647. The number of nitrogens with one attached hydrogen (secondary N) is 2. The molecule has 1 rings (SSSR count). The lowest BCUT2D eigenvalue weighted by molar-refractivity contribution is -0.121. The summed E-state index contributed by atoms with van der Waals surface area (Å²) >= 11 is 0. The molecule has 100 valence electrons. The lowest BCUT2D eigenvalue weighted by Crippen LogP contribution is -2.34. The molecule has 2 N–H and O–H groups in total. The van der Waals surface area contributed by atoms with E-state index >= 15 is 0 Å². The molecule has 0 spiro atoms. The molecule has 0 atom stereocenters. The highest BCUT2D eigenvalue weighted by Gasteiger charge is 2.10. The van der Waals surface area contributed by atoms with Crippen molar-refractivity contribution in [2.45, 2.75) is 70.8 Å². The van der Waals surface area contributed by atoms with E-state index in [0.717, 1.165) is 19.5 Å². The minimum absolute atomic E-state index is 0.185. The molecule has 0 bridgehead atoms. The second kappa shape index (κ2) is 9.46. The first-order valence-corrected chi connectivity index (χ1v) is 7.33. The van der Waals surface area contributed by atoms with Gasteiger partial charge in [0.1, 0.15) is 0 Å². The van der Waals surface area contributed by atoms with Gasteiger partial charge in [-0.1, -0.05) is 39.0 Å². The zero-order valence-corrected chi connectivity index (χ0v) is 11.3. The molecule has 0 aromatic carbocycles. The monoisotopic (exact) mass is 240 g/mol. The largest absolute Gasteiger partial charge is 0.356 e. The minimum atomic E-state index is 0.185. The second-order valence-corrected chi connectivity index (χ2v) is 5.10. The number of rotatable bonds is 6. The van der Waals surface area contributed by atoms with Crippen LogP contribution in [0, 0.1) is 0 Å². The molecule has 0 saturated heterocycles. The average molecular weight is 240 g/mol. The van der Waals surface area contributed by atoms with Crippen molar-refractivity contribution in [1.82, 2.24) is 10.6 Å². The Kier molecular flexibility index (Phi) is 8.06. The van der Waals surface area contributed by atoms with E-state index in [2.05, 4.69) is 17.6 Å². The van der Waals surface area contributed by atoms with Crippen LogP contribution in [0.5, 0.6) is 0 Å². The number of amides is 1. The van der Waals surface area contributed by atoms with E-state index in [9.17, 15) is 4.79 Å². The van der Waals surface area contributed by atoms with Gasteiger partial charge < -0.3 is 10.6 Å². The maximum absolute atomic E-state index is 11.4. The molecular weight excluding hydrogens is 212 g/mol. The molecular formula is C14H28N2O. The maximum atomic E-state index is 11.4. The van der Waals surface area contributed by atoms with E-state index in [-0.39, 0.29) is 5.91 Å². The Hall–Kier alpha value is -0.570.